The summed E-state index contributed by atoms with van der Waals surface area (Å²) >= 11 is 0. The number of halogens is 2. The van der Waals surface area contributed by atoms with Gasteiger partial charge < -0.3 is 5.73 Å². The molecule has 1 rings (SSSR count). The maximum absolute atomic E-state index is 5.70. The van der Waals surface area contributed by atoms with Crippen molar-refractivity contribution >= 4 is 39.7 Å². The van der Waals surface area contributed by atoms with Crippen molar-refractivity contribution in [1.29, 1.82) is 0 Å². The second-order valence-corrected chi connectivity index (χ2v) is 3.21. The molecular formula is C11H20Br2N2. The van der Waals surface area contributed by atoms with Gasteiger partial charge in [-0.15, -0.1) is 34.0 Å². The highest BCUT2D eigenvalue weighted by Gasteiger charge is 2.00. The summed E-state index contributed by atoms with van der Waals surface area (Å²) in [6.07, 6.45) is 0. The number of hydrogen-bond acceptors (Lipinski definition) is 2. The highest BCUT2D eigenvalue weighted by Crippen LogP contribution is 2.08. The van der Waals surface area contributed by atoms with Crippen molar-refractivity contribution in [3.8, 4) is 0 Å². The molecule has 0 unspecified atom stereocenters. The fourth-order valence-corrected chi connectivity index (χ4v) is 1.40. The van der Waals surface area contributed by atoms with Gasteiger partial charge in [-0.05, 0) is 30.8 Å². The molecule has 0 aliphatic carbocycles. The summed E-state index contributed by atoms with van der Waals surface area (Å²) in [4.78, 5) is 2.37. The van der Waals surface area contributed by atoms with E-state index in [1.165, 1.54) is 5.56 Å². The van der Waals surface area contributed by atoms with Gasteiger partial charge in [0.25, 0.3) is 0 Å². The van der Waals surface area contributed by atoms with Crippen molar-refractivity contribution in [2.24, 2.45) is 0 Å². The second-order valence-electron chi connectivity index (χ2n) is 3.21. The molecule has 1 aromatic rings. The van der Waals surface area contributed by atoms with E-state index in [1.54, 1.807) is 0 Å². The topological polar surface area (TPSA) is 29.3 Å². The van der Waals surface area contributed by atoms with Gasteiger partial charge in [0.2, 0.25) is 0 Å². The number of rotatable bonds is 4. The Morgan fingerprint density at radius 3 is 2.20 bits per heavy atom. The molecule has 0 radical (unpaired) electrons. The van der Waals surface area contributed by atoms with Gasteiger partial charge in [-0.2, -0.15) is 0 Å². The van der Waals surface area contributed by atoms with Gasteiger partial charge in [-0.3, -0.25) is 4.90 Å². The largest absolute Gasteiger partial charge is 0.399 e. The number of nitrogens with two attached hydrogens (primary N) is 1. The van der Waals surface area contributed by atoms with Crippen molar-refractivity contribution in [3.63, 3.8) is 0 Å². The lowest BCUT2D eigenvalue weighted by atomic mass is 10.2. The molecule has 0 fully saturated rings. The lowest BCUT2D eigenvalue weighted by molar-refractivity contribution is 0.296. The van der Waals surface area contributed by atoms with Crippen LogP contribution in [0.5, 0.6) is 0 Å². The normalized spacial score (nSPS) is 9.27. The molecule has 2 nitrogen and oxygen atoms in total. The minimum atomic E-state index is 0. The molecule has 0 saturated heterocycles. The molecule has 0 heterocycles. The average Bonchev–Trinajstić information content (AvgIpc) is 2.14. The highest BCUT2D eigenvalue weighted by atomic mass is 79.9. The first kappa shape index (κ1) is 17.3. The Balaban J connectivity index is 0. The van der Waals surface area contributed by atoms with Crippen LogP contribution in [0.25, 0.3) is 0 Å². The Morgan fingerprint density at radius 1 is 1.13 bits per heavy atom. The van der Waals surface area contributed by atoms with Crippen LogP contribution in [-0.4, -0.2) is 18.0 Å². The van der Waals surface area contributed by atoms with Crippen LogP contribution in [0.15, 0.2) is 24.3 Å². The SMILES string of the molecule is Br.Br.CCN(CC)Cc1cccc(N)c1. The van der Waals surface area contributed by atoms with E-state index in [9.17, 15) is 0 Å². The van der Waals surface area contributed by atoms with E-state index in [0.29, 0.717) is 0 Å². The summed E-state index contributed by atoms with van der Waals surface area (Å²) in [5.41, 5.74) is 7.85. The summed E-state index contributed by atoms with van der Waals surface area (Å²) in [5.74, 6) is 0. The van der Waals surface area contributed by atoms with E-state index >= 15 is 0 Å². The second kappa shape index (κ2) is 9.19. The zero-order chi connectivity index (χ0) is 9.68. The number of anilines is 1. The molecule has 0 aliphatic heterocycles. The third-order valence-electron chi connectivity index (χ3n) is 2.25. The lowest BCUT2D eigenvalue weighted by Crippen LogP contribution is -2.22. The Hall–Kier alpha value is -0.0600. The minimum absolute atomic E-state index is 0. The summed E-state index contributed by atoms with van der Waals surface area (Å²) in [5, 5.41) is 0. The van der Waals surface area contributed by atoms with Crippen LogP contribution in [0.1, 0.15) is 19.4 Å². The predicted octanol–water partition coefficient (Wildman–Crippen LogP) is 3.27. The fourth-order valence-electron chi connectivity index (χ4n) is 1.40. The molecule has 4 heteroatoms. The number of benzene rings is 1. The van der Waals surface area contributed by atoms with Crippen LogP contribution in [-0.2, 0) is 6.54 Å². The van der Waals surface area contributed by atoms with Crippen molar-refractivity contribution in [1.82, 2.24) is 4.90 Å². The van der Waals surface area contributed by atoms with Crippen LogP contribution >= 0.6 is 34.0 Å². The van der Waals surface area contributed by atoms with Gasteiger partial charge in [0.05, 0.1) is 0 Å². The van der Waals surface area contributed by atoms with Crippen LogP contribution in [0.3, 0.4) is 0 Å². The van der Waals surface area contributed by atoms with E-state index in [0.717, 1.165) is 25.3 Å². The molecule has 0 aromatic heterocycles. The first-order chi connectivity index (χ1) is 6.26. The van der Waals surface area contributed by atoms with Crippen molar-refractivity contribution in [3.05, 3.63) is 29.8 Å². The smallest absolute Gasteiger partial charge is 0.0317 e. The Morgan fingerprint density at radius 2 is 1.73 bits per heavy atom. The summed E-state index contributed by atoms with van der Waals surface area (Å²) < 4.78 is 0. The first-order valence-electron chi connectivity index (χ1n) is 4.83. The molecule has 88 valence electrons. The third-order valence-corrected chi connectivity index (χ3v) is 2.25. The van der Waals surface area contributed by atoms with Crippen LogP contribution in [0, 0.1) is 0 Å². The quantitative estimate of drug-likeness (QED) is 0.853. The first-order valence-corrected chi connectivity index (χ1v) is 4.83. The van der Waals surface area contributed by atoms with Gasteiger partial charge >= 0.3 is 0 Å². The zero-order valence-corrected chi connectivity index (χ0v) is 12.7. The highest BCUT2D eigenvalue weighted by molar-refractivity contribution is 8.93. The van der Waals surface area contributed by atoms with E-state index in [-0.39, 0.29) is 34.0 Å². The monoisotopic (exact) mass is 338 g/mol. The number of nitrogen functional groups attached to an aromatic ring is 1. The Kier molecular flexibility index (Phi) is 10.6. The lowest BCUT2D eigenvalue weighted by Gasteiger charge is -2.17. The van der Waals surface area contributed by atoms with Gasteiger partial charge in [0.15, 0.2) is 0 Å². The van der Waals surface area contributed by atoms with Gasteiger partial charge in [0, 0.05) is 12.2 Å². The van der Waals surface area contributed by atoms with Crippen molar-refractivity contribution < 1.29 is 0 Å². The van der Waals surface area contributed by atoms with Crippen molar-refractivity contribution in [2.75, 3.05) is 18.8 Å². The molecule has 0 aliphatic rings. The maximum atomic E-state index is 5.70. The molecule has 0 bridgehead atoms. The Bertz CT molecular complexity index is 263. The minimum Gasteiger partial charge on any atom is -0.399 e. The number of nitrogens with zero attached hydrogens (tertiary/aromatic N) is 1. The molecule has 1 aromatic carbocycles. The predicted molar refractivity (Wildman–Crippen MR) is 78.1 cm³/mol. The summed E-state index contributed by atoms with van der Waals surface area (Å²) in [6.45, 7) is 7.53. The van der Waals surface area contributed by atoms with Gasteiger partial charge in [-0.25, -0.2) is 0 Å². The standard InChI is InChI=1S/C11H18N2.2BrH/c1-3-13(4-2)9-10-6-5-7-11(12)8-10;;/h5-8H,3-4,9,12H2,1-2H3;2*1H. The Labute approximate surface area is 113 Å². The molecule has 15 heavy (non-hydrogen) atoms. The van der Waals surface area contributed by atoms with E-state index < -0.39 is 0 Å². The fraction of sp³-hybridized carbons (Fsp3) is 0.455. The zero-order valence-electron chi connectivity index (χ0n) is 9.27. The molecule has 0 amide bonds. The van der Waals surface area contributed by atoms with Gasteiger partial charge in [-0.1, -0.05) is 26.0 Å². The third kappa shape index (κ3) is 6.17. The van der Waals surface area contributed by atoms with Crippen LogP contribution in [0.4, 0.5) is 5.69 Å². The molecule has 2 N–H and O–H groups in total. The van der Waals surface area contributed by atoms with E-state index in [1.807, 2.05) is 18.2 Å². The molecule has 0 spiro atoms. The average molecular weight is 340 g/mol. The van der Waals surface area contributed by atoms with Gasteiger partial charge in [0.1, 0.15) is 0 Å². The summed E-state index contributed by atoms with van der Waals surface area (Å²) in [7, 11) is 0. The summed E-state index contributed by atoms with van der Waals surface area (Å²) in [6, 6.07) is 8.09. The van der Waals surface area contributed by atoms with Crippen molar-refractivity contribution in [2.45, 2.75) is 20.4 Å². The molecule has 0 atom stereocenters. The van der Waals surface area contributed by atoms with Crippen LogP contribution in [0.2, 0.25) is 0 Å². The van der Waals surface area contributed by atoms with E-state index in [4.69, 9.17) is 5.73 Å². The van der Waals surface area contributed by atoms with E-state index in [2.05, 4.69) is 24.8 Å². The van der Waals surface area contributed by atoms with Crippen LogP contribution < -0.4 is 5.73 Å². The molecular weight excluding hydrogens is 320 g/mol. The number of hydrogen-bond donors (Lipinski definition) is 1. The maximum Gasteiger partial charge on any atom is 0.0317 e. The molecule has 0 saturated carbocycles.